The molecule has 2 unspecified atom stereocenters. The van der Waals surface area contributed by atoms with Gasteiger partial charge in [0.25, 0.3) is 0 Å². The number of urea groups is 1. The normalized spacial score (nSPS) is 21.0. The zero-order valence-electron chi connectivity index (χ0n) is 11.6. The third-order valence-corrected chi connectivity index (χ3v) is 4.63. The summed E-state index contributed by atoms with van der Waals surface area (Å²) in [4.78, 5) is 22.8. The molecule has 6 nitrogen and oxygen atoms in total. The summed E-state index contributed by atoms with van der Waals surface area (Å²) in [6, 6.07) is 3.73. The number of aromatic carboxylic acids is 1. The van der Waals surface area contributed by atoms with Crippen LogP contribution < -0.4 is 10.6 Å². The Balaban J connectivity index is 1.94. The number of carbonyl (C=O) groups is 2. The van der Waals surface area contributed by atoms with Crippen molar-refractivity contribution in [2.75, 3.05) is 11.6 Å². The molecule has 0 saturated heterocycles. The number of hydrogen-bond donors (Lipinski definition) is 4. The number of aromatic hydroxyl groups is 1. The Morgan fingerprint density at radius 1 is 1.33 bits per heavy atom. The summed E-state index contributed by atoms with van der Waals surface area (Å²) in [5, 5.41) is 24.4. The zero-order valence-corrected chi connectivity index (χ0v) is 12.4. The number of thioether (sulfide) groups is 1. The lowest BCUT2D eigenvalue weighted by Gasteiger charge is -2.14. The lowest BCUT2D eigenvalue weighted by molar-refractivity contribution is 0.0693. The van der Waals surface area contributed by atoms with Crippen molar-refractivity contribution in [1.29, 1.82) is 0 Å². The molecule has 2 amide bonds. The van der Waals surface area contributed by atoms with Gasteiger partial charge in [0.15, 0.2) is 0 Å². The van der Waals surface area contributed by atoms with Crippen molar-refractivity contribution in [3.05, 3.63) is 23.8 Å². The minimum absolute atomic E-state index is 0.151. The fraction of sp³-hybridized carbons (Fsp3) is 0.429. The molecule has 7 heteroatoms. The van der Waals surface area contributed by atoms with E-state index in [1.165, 1.54) is 18.2 Å². The van der Waals surface area contributed by atoms with E-state index in [0.29, 0.717) is 10.9 Å². The van der Waals surface area contributed by atoms with Crippen LogP contribution in [-0.4, -0.2) is 39.8 Å². The first kappa shape index (κ1) is 15.5. The molecular formula is C14H18N2O4S. The van der Waals surface area contributed by atoms with E-state index in [4.69, 9.17) is 5.11 Å². The molecule has 1 aliphatic rings. The molecule has 1 aromatic rings. The van der Waals surface area contributed by atoms with E-state index in [2.05, 4.69) is 16.9 Å². The van der Waals surface area contributed by atoms with Gasteiger partial charge in [0.2, 0.25) is 0 Å². The number of phenols is 1. The summed E-state index contributed by atoms with van der Waals surface area (Å²) >= 11 is 1.81. The minimum atomic E-state index is -1.24. The summed E-state index contributed by atoms with van der Waals surface area (Å²) in [7, 11) is 0. The molecule has 0 aromatic heterocycles. The number of nitrogens with one attached hydrogen (secondary N) is 2. The van der Waals surface area contributed by atoms with E-state index < -0.39 is 5.97 Å². The number of carboxylic acids is 1. The topological polar surface area (TPSA) is 98.7 Å². The fourth-order valence-corrected chi connectivity index (χ4v) is 3.22. The Bertz CT molecular complexity index is 550. The van der Waals surface area contributed by atoms with Crippen LogP contribution in [0.2, 0.25) is 0 Å². The Kier molecular flexibility index (Phi) is 4.95. The number of anilines is 1. The molecule has 0 heterocycles. The Hall–Kier alpha value is -1.89. The monoisotopic (exact) mass is 310 g/mol. The largest absolute Gasteiger partial charge is 0.507 e. The van der Waals surface area contributed by atoms with Crippen molar-refractivity contribution in [1.82, 2.24) is 5.32 Å². The Morgan fingerprint density at radius 2 is 2.10 bits per heavy atom. The molecule has 0 aliphatic heterocycles. The second-order valence-electron chi connectivity index (χ2n) is 5.00. The van der Waals surface area contributed by atoms with Gasteiger partial charge in [-0.05, 0) is 43.7 Å². The van der Waals surface area contributed by atoms with Crippen molar-refractivity contribution in [2.24, 2.45) is 0 Å². The highest BCUT2D eigenvalue weighted by Gasteiger charge is 2.25. The quantitative estimate of drug-likeness (QED) is 0.640. The van der Waals surface area contributed by atoms with Gasteiger partial charge in [-0.15, -0.1) is 0 Å². The van der Waals surface area contributed by atoms with E-state index in [-0.39, 0.29) is 23.4 Å². The first-order valence-electron chi connectivity index (χ1n) is 6.66. The van der Waals surface area contributed by atoms with Crippen molar-refractivity contribution >= 4 is 29.4 Å². The average Bonchev–Trinajstić information content (AvgIpc) is 2.88. The van der Waals surface area contributed by atoms with Crippen LogP contribution in [0.25, 0.3) is 0 Å². The highest BCUT2D eigenvalue weighted by atomic mass is 32.2. The van der Waals surface area contributed by atoms with Gasteiger partial charge >= 0.3 is 12.0 Å². The van der Waals surface area contributed by atoms with Crippen LogP contribution in [0.4, 0.5) is 10.5 Å². The molecule has 0 spiro atoms. The van der Waals surface area contributed by atoms with Crippen LogP contribution in [0.15, 0.2) is 18.2 Å². The maximum Gasteiger partial charge on any atom is 0.339 e. The second-order valence-corrected chi connectivity index (χ2v) is 6.14. The van der Waals surface area contributed by atoms with Crippen molar-refractivity contribution in [3.8, 4) is 5.75 Å². The molecule has 0 bridgehead atoms. The molecule has 1 saturated carbocycles. The number of amides is 2. The standard InChI is InChI=1S/C14H18N2O4S/c1-21-10-4-2-8(6-10)15-14(20)16-9-3-5-12(17)11(7-9)13(18)19/h3,5,7-8,10,17H,2,4,6H2,1H3,(H,18,19)(H2,15,16,20). The Labute approximate surface area is 126 Å². The summed E-state index contributed by atoms with van der Waals surface area (Å²) in [6.45, 7) is 0. The van der Waals surface area contributed by atoms with Crippen molar-refractivity contribution < 1.29 is 19.8 Å². The van der Waals surface area contributed by atoms with Gasteiger partial charge in [0.05, 0.1) is 0 Å². The Morgan fingerprint density at radius 3 is 2.71 bits per heavy atom. The predicted octanol–water partition coefficient (Wildman–Crippen LogP) is 2.50. The average molecular weight is 310 g/mol. The lowest BCUT2D eigenvalue weighted by Crippen LogP contribution is -2.36. The molecule has 0 radical (unpaired) electrons. The minimum Gasteiger partial charge on any atom is -0.507 e. The van der Waals surface area contributed by atoms with Gasteiger partial charge in [-0.2, -0.15) is 11.8 Å². The van der Waals surface area contributed by atoms with Crippen LogP contribution in [0.3, 0.4) is 0 Å². The van der Waals surface area contributed by atoms with Gasteiger partial charge < -0.3 is 20.8 Å². The first-order valence-corrected chi connectivity index (χ1v) is 7.95. The zero-order chi connectivity index (χ0) is 15.4. The molecule has 21 heavy (non-hydrogen) atoms. The number of rotatable bonds is 4. The maximum atomic E-state index is 11.9. The second kappa shape index (κ2) is 6.71. The highest BCUT2D eigenvalue weighted by Crippen LogP contribution is 2.28. The highest BCUT2D eigenvalue weighted by molar-refractivity contribution is 7.99. The lowest BCUT2D eigenvalue weighted by atomic mass is 10.2. The predicted molar refractivity (Wildman–Crippen MR) is 82.2 cm³/mol. The van der Waals surface area contributed by atoms with E-state index in [9.17, 15) is 14.7 Å². The van der Waals surface area contributed by atoms with Gasteiger partial charge in [-0.3, -0.25) is 0 Å². The number of carbonyl (C=O) groups excluding carboxylic acids is 1. The van der Waals surface area contributed by atoms with Crippen LogP contribution >= 0.6 is 11.8 Å². The summed E-state index contributed by atoms with van der Waals surface area (Å²) in [6.07, 6.45) is 5.06. The van der Waals surface area contributed by atoms with Crippen LogP contribution in [-0.2, 0) is 0 Å². The van der Waals surface area contributed by atoms with E-state index in [0.717, 1.165) is 19.3 Å². The summed E-state index contributed by atoms with van der Waals surface area (Å²) in [5.74, 6) is -1.57. The third kappa shape index (κ3) is 4.04. The molecular weight excluding hydrogens is 292 g/mol. The summed E-state index contributed by atoms with van der Waals surface area (Å²) in [5.41, 5.74) is 0.0956. The number of benzene rings is 1. The maximum absolute atomic E-state index is 11.9. The van der Waals surface area contributed by atoms with Gasteiger partial charge in [-0.25, -0.2) is 9.59 Å². The molecule has 2 atom stereocenters. The third-order valence-electron chi connectivity index (χ3n) is 3.54. The van der Waals surface area contributed by atoms with Crippen molar-refractivity contribution in [2.45, 2.75) is 30.6 Å². The van der Waals surface area contributed by atoms with Gasteiger partial charge in [-0.1, -0.05) is 0 Å². The smallest absolute Gasteiger partial charge is 0.339 e. The number of hydrogen-bond acceptors (Lipinski definition) is 4. The molecule has 114 valence electrons. The number of carboxylic acid groups (broad SMARTS) is 1. The van der Waals surface area contributed by atoms with Crippen LogP contribution in [0.5, 0.6) is 5.75 Å². The van der Waals surface area contributed by atoms with Gasteiger partial charge in [0, 0.05) is 17.0 Å². The molecule has 1 fully saturated rings. The SMILES string of the molecule is CSC1CCC(NC(=O)Nc2ccc(O)c(C(=O)O)c2)C1. The fourth-order valence-electron chi connectivity index (χ4n) is 2.42. The molecule has 2 rings (SSSR count). The van der Waals surface area contributed by atoms with E-state index in [1.807, 2.05) is 11.8 Å². The van der Waals surface area contributed by atoms with E-state index in [1.54, 1.807) is 0 Å². The summed E-state index contributed by atoms with van der Waals surface area (Å²) < 4.78 is 0. The molecule has 1 aromatic carbocycles. The first-order chi connectivity index (χ1) is 9.99. The van der Waals surface area contributed by atoms with Crippen LogP contribution in [0.1, 0.15) is 29.6 Å². The van der Waals surface area contributed by atoms with E-state index >= 15 is 0 Å². The van der Waals surface area contributed by atoms with Crippen LogP contribution in [0, 0.1) is 0 Å². The van der Waals surface area contributed by atoms with Crippen molar-refractivity contribution in [3.63, 3.8) is 0 Å². The molecule has 1 aliphatic carbocycles. The van der Waals surface area contributed by atoms with Gasteiger partial charge in [0.1, 0.15) is 11.3 Å². The molecule has 4 N–H and O–H groups in total.